The Kier molecular flexibility index (Phi) is 4.37. The number of fused-ring (bicyclic) bond motifs is 1. The first-order valence-corrected chi connectivity index (χ1v) is 7.77. The van der Waals surface area contributed by atoms with Crippen molar-refractivity contribution in [3.8, 4) is 11.5 Å². The van der Waals surface area contributed by atoms with Gasteiger partial charge in [-0.05, 0) is 36.4 Å². The molecule has 0 radical (unpaired) electrons. The number of anilines is 1. The van der Waals surface area contributed by atoms with Crippen molar-refractivity contribution in [1.82, 2.24) is 4.57 Å². The van der Waals surface area contributed by atoms with Gasteiger partial charge in [-0.1, -0.05) is 17.7 Å². The highest BCUT2D eigenvalue weighted by Crippen LogP contribution is 2.32. The Balaban J connectivity index is 2.09. The molecule has 0 aliphatic heterocycles. The number of nitrogens with zero attached hydrogens (tertiary/aromatic N) is 1. The van der Waals surface area contributed by atoms with Crippen LogP contribution < -0.4 is 15.6 Å². The van der Waals surface area contributed by atoms with Crippen LogP contribution in [0.2, 0.25) is 5.02 Å². The number of halogens is 1. The summed E-state index contributed by atoms with van der Waals surface area (Å²) in [4.78, 5) is 25.1. The summed E-state index contributed by atoms with van der Waals surface area (Å²) in [7, 11) is 3.05. The Morgan fingerprint density at radius 1 is 1.20 bits per heavy atom. The van der Waals surface area contributed by atoms with Crippen molar-refractivity contribution in [2.24, 2.45) is 7.05 Å². The average Bonchev–Trinajstić information content (AvgIpc) is 2.60. The average molecular weight is 359 g/mol. The molecule has 2 aromatic carbocycles. The van der Waals surface area contributed by atoms with Gasteiger partial charge < -0.3 is 19.7 Å². The molecule has 0 saturated carbocycles. The SMILES string of the molecule is COc1ccc(NC(=O)c2c(O)c3c(Cl)cccc3n(C)c2=O)cc1. The molecule has 1 heterocycles. The molecule has 25 heavy (non-hydrogen) atoms. The van der Waals surface area contributed by atoms with Crippen molar-refractivity contribution >= 4 is 34.1 Å². The normalized spacial score (nSPS) is 10.7. The van der Waals surface area contributed by atoms with E-state index >= 15 is 0 Å². The lowest BCUT2D eigenvalue weighted by Gasteiger charge is -2.13. The Bertz CT molecular complexity index is 1030. The van der Waals surface area contributed by atoms with Crippen molar-refractivity contribution in [3.63, 3.8) is 0 Å². The summed E-state index contributed by atoms with van der Waals surface area (Å²) in [6.07, 6.45) is 0. The number of benzene rings is 2. The Morgan fingerprint density at radius 3 is 2.52 bits per heavy atom. The van der Waals surface area contributed by atoms with E-state index in [1.807, 2.05) is 0 Å². The summed E-state index contributed by atoms with van der Waals surface area (Å²) in [5.41, 5.74) is -0.0697. The first-order valence-electron chi connectivity index (χ1n) is 7.39. The number of ether oxygens (including phenoxy) is 1. The molecule has 1 amide bonds. The van der Waals surface area contributed by atoms with Gasteiger partial charge in [0.2, 0.25) is 0 Å². The number of aromatic nitrogens is 1. The van der Waals surface area contributed by atoms with Crippen LogP contribution in [0.3, 0.4) is 0 Å². The number of methoxy groups -OCH3 is 1. The molecule has 6 nitrogen and oxygen atoms in total. The first-order chi connectivity index (χ1) is 11.9. The van der Waals surface area contributed by atoms with E-state index in [4.69, 9.17) is 16.3 Å². The zero-order valence-electron chi connectivity index (χ0n) is 13.5. The molecule has 128 valence electrons. The van der Waals surface area contributed by atoms with Gasteiger partial charge in [-0.25, -0.2) is 0 Å². The maximum atomic E-state index is 12.6. The van der Waals surface area contributed by atoms with Crippen molar-refractivity contribution in [2.45, 2.75) is 0 Å². The predicted octanol–water partition coefficient (Wildman–Crippen LogP) is 3.16. The number of carbonyl (C=O) groups is 1. The van der Waals surface area contributed by atoms with Crippen LogP contribution in [0.5, 0.6) is 11.5 Å². The van der Waals surface area contributed by atoms with E-state index in [2.05, 4.69) is 5.32 Å². The van der Waals surface area contributed by atoms with E-state index in [0.29, 0.717) is 17.0 Å². The van der Waals surface area contributed by atoms with Gasteiger partial charge in [0.1, 0.15) is 17.1 Å². The van der Waals surface area contributed by atoms with Gasteiger partial charge >= 0.3 is 0 Å². The van der Waals surface area contributed by atoms with Gasteiger partial charge in [0.25, 0.3) is 11.5 Å². The lowest BCUT2D eigenvalue weighted by Crippen LogP contribution is -2.28. The molecule has 0 fully saturated rings. The zero-order chi connectivity index (χ0) is 18.1. The summed E-state index contributed by atoms with van der Waals surface area (Å²) in [6, 6.07) is 11.5. The van der Waals surface area contributed by atoms with Crippen LogP contribution in [0.1, 0.15) is 10.4 Å². The van der Waals surface area contributed by atoms with Gasteiger partial charge in [0.05, 0.1) is 23.0 Å². The molecule has 0 aliphatic carbocycles. The van der Waals surface area contributed by atoms with E-state index in [0.717, 1.165) is 0 Å². The standard InChI is InChI=1S/C18H15ClN2O4/c1-21-13-5-3-4-12(19)14(13)16(22)15(18(21)24)17(23)20-10-6-8-11(25-2)9-7-10/h3-9,22H,1-2H3,(H,20,23). The minimum absolute atomic E-state index is 0.254. The summed E-state index contributed by atoms with van der Waals surface area (Å²) >= 11 is 6.14. The number of aromatic hydroxyl groups is 1. The second kappa shape index (κ2) is 6.49. The van der Waals surface area contributed by atoms with Gasteiger partial charge in [-0.15, -0.1) is 0 Å². The minimum Gasteiger partial charge on any atom is -0.506 e. The van der Waals surface area contributed by atoms with Crippen molar-refractivity contribution in [1.29, 1.82) is 0 Å². The van der Waals surface area contributed by atoms with Gasteiger partial charge in [-0.2, -0.15) is 0 Å². The third-order valence-electron chi connectivity index (χ3n) is 3.92. The number of carbonyl (C=O) groups excluding carboxylic acids is 1. The lowest BCUT2D eigenvalue weighted by atomic mass is 10.1. The smallest absolute Gasteiger partial charge is 0.267 e. The number of hydrogen-bond donors (Lipinski definition) is 2. The van der Waals surface area contributed by atoms with E-state index in [1.165, 1.54) is 18.7 Å². The molecule has 0 bridgehead atoms. The first kappa shape index (κ1) is 16.9. The van der Waals surface area contributed by atoms with E-state index in [-0.39, 0.29) is 16.0 Å². The molecule has 3 aromatic rings. The van der Waals surface area contributed by atoms with Crippen LogP contribution in [0.15, 0.2) is 47.3 Å². The largest absolute Gasteiger partial charge is 0.506 e. The topological polar surface area (TPSA) is 80.6 Å². The number of pyridine rings is 1. The number of aryl methyl sites for hydroxylation is 1. The molecule has 0 spiro atoms. The lowest BCUT2D eigenvalue weighted by molar-refractivity contribution is 0.102. The summed E-state index contributed by atoms with van der Waals surface area (Å²) in [5, 5.41) is 13.6. The van der Waals surface area contributed by atoms with Crippen molar-refractivity contribution < 1.29 is 14.6 Å². The van der Waals surface area contributed by atoms with Gasteiger partial charge in [-0.3, -0.25) is 9.59 Å². The molecule has 2 N–H and O–H groups in total. The third kappa shape index (κ3) is 2.92. The minimum atomic E-state index is -0.718. The second-order valence-electron chi connectivity index (χ2n) is 5.40. The zero-order valence-corrected chi connectivity index (χ0v) is 14.3. The van der Waals surface area contributed by atoms with E-state index in [1.54, 1.807) is 42.5 Å². The number of nitrogens with one attached hydrogen (secondary N) is 1. The van der Waals surface area contributed by atoms with Gasteiger partial charge in [0.15, 0.2) is 0 Å². The van der Waals surface area contributed by atoms with Crippen molar-refractivity contribution in [2.75, 3.05) is 12.4 Å². The Hall–Kier alpha value is -2.99. The second-order valence-corrected chi connectivity index (χ2v) is 5.81. The van der Waals surface area contributed by atoms with Crippen LogP contribution in [0, 0.1) is 0 Å². The maximum absolute atomic E-state index is 12.6. The number of rotatable bonds is 3. The number of amides is 1. The fourth-order valence-corrected chi connectivity index (χ4v) is 2.86. The summed E-state index contributed by atoms with van der Waals surface area (Å²) in [6.45, 7) is 0. The highest BCUT2D eigenvalue weighted by Gasteiger charge is 2.22. The molecule has 0 saturated heterocycles. The fraction of sp³-hybridized carbons (Fsp3) is 0.111. The van der Waals surface area contributed by atoms with Crippen LogP contribution >= 0.6 is 11.6 Å². The van der Waals surface area contributed by atoms with E-state index < -0.39 is 17.2 Å². The third-order valence-corrected chi connectivity index (χ3v) is 4.23. The molecule has 7 heteroatoms. The van der Waals surface area contributed by atoms with Crippen LogP contribution in [0.25, 0.3) is 10.9 Å². The summed E-state index contributed by atoms with van der Waals surface area (Å²) < 4.78 is 6.34. The molecule has 3 rings (SSSR count). The van der Waals surface area contributed by atoms with Gasteiger partial charge in [0, 0.05) is 12.7 Å². The number of hydrogen-bond acceptors (Lipinski definition) is 4. The predicted molar refractivity (Wildman–Crippen MR) is 96.8 cm³/mol. The molecular weight excluding hydrogens is 344 g/mol. The fourth-order valence-electron chi connectivity index (χ4n) is 2.60. The summed E-state index contributed by atoms with van der Waals surface area (Å²) in [5.74, 6) is -0.519. The van der Waals surface area contributed by atoms with E-state index in [9.17, 15) is 14.7 Å². The molecule has 0 atom stereocenters. The highest BCUT2D eigenvalue weighted by molar-refractivity contribution is 6.36. The van der Waals surface area contributed by atoms with Crippen LogP contribution in [-0.2, 0) is 7.05 Å². The molecular formula is C18H15ClN2O4. The highest BCUT2D eigenvalue weighted by atomic mass is 35.5. The van der Waals surface area contributed by atoms with Crippen LogP contribution in [-0.4, -0.2) is 22.7 Å². The molecule has 0 unspecified atom stereocenters. The monoisotopic (exact) mass is 358 g/mol. The Labute approximate surface area is 148 Å². The van der Waals surface area contributed by atoms with Crippen molar-refractivity contribution in [3.05, 3.63) is 63.4 Å². The molecule has 0 aliphatic rings. The molecule has 1 aromatic heterocycles. The van der Waals surface area contributed by atoms with Crippen LogP contribution in [0.4, 0.5) is 5.69 Å². The maximum Gasteiger partial charge on any atom is 0.267 e. The Morgan fingerprint density at radius 2 is 1.88 bits per heavy atom. The quantitative estimate of drug-likeness (QED) is 0.753.